The van der Waals surface area contributed by atoms with Crippen molar-refractivity contribution in [1.82, 2.24) is 10.2 Å². The van der Waals surface area contributed by atoms with Crippen molar-refractivity contribution in [1.29, 1.82) is 0 Å². The summed E-state index contributed by atoms with van der Waals surface area (Å²) >= 11 is 0. The first-order valence-corrected chi connectivity index (χ1v) is 17.9. The van der Waals surface area contributed by atoms with Gasteiger partial charge in [-0.1, -0.05) is 85.1 Å². The summed E-state index contributed by atoms with van der Waals surface area (Å²) in [6.45, 7) is 5.20. The number of rotatable bonds is 13. The number of hydrogen-bond donors (Lipinski definition) is 1. The Morgan fingerprint density at radius 1 is 0.833 bits per heavy atom. The molecule has 2 amide bonds. The minimum Gasteiger partial charge on any atom is -0.497 e. The number of benzene rings is 4. The monoisotopic (exact) mass is 667 g/mol. The van der Waals surface area contributed by atoms with E-state index in [1.165, 1.54) is 9.21 Å². The molecule has 0 aliphatic heterocycles. The summed E-state index contributed by atoms with van der Waals surface area (Å²) in [5.74, 6) is -0.118. The number of aryl methyl sites for hydroxylation is 3. The molecule has 48 heavy (non-hydrogen) atoms. The number of carbonyl (C=O) groups is 2. The maximum absolute atomic E-state index is 14.8. The summed E-state index contributed by atoms with van der Waals surface area (Å²) < 4.78 is 35.4. The van der Waals surface area contributed by atoms with E-state index in [-0.39, 0.29) is 29.8 Å². The van der Waals surface area contributed by atoms with Gasteiger partial charge in [-0.15, -0.1) is 0 Å². The molecule has 0 spiro atoms. The van der Waals surface area contributed by atoms with E-state index in [0.29, 0.717) is 17.0 Å². The molecule has 1 fully saturated rings. The van der Waals surface area contributed by atoms with Gasteiger partial charge in [0.05, 0.1) is 17.7 Å². The van der Waals surface area contributed by atoms with Gasteiger partial charge in [0.25, 0.3) is 10.0 Å². The van der Waals surface area contributed by atoms with Gasteiger partial charge in [-0.2, -0.15) is 0 Å². The van der Waals surface area contributed by atoms with Crippen molar-refractivity contribution in [3.8, 4) is 5.75 Å². The highest BCUT2D eigenvalue weighted by atomic mass is 32.2. The van der Waals surface area contributed by atoms with Gasteiger partial charge >= 0.3 is 0 Å². The lowest BCUT2D eigenvalue weighted by Crippen LogP contribution is -2.54. The van der Waals surface area contributed by atoms with Crippen LogP contribution in [-0.4, -0.2) is 50.9 Å². The largest absolute Gasteiger partial charge is 0.497 e. The Balaban J connectivity index is 1.60. The van der Waals surface area contributed by atoms with Crippen molar-refractivity contribution in [3.63, 3.8) is 0 Å². The van der Waals surface area contributed by atoms with E-state index in [1.807, 2.05) is 87.5 Å². The standard InChI is InChI=1S/C39H45N3O5S/c1-28-18-21-35(22-19-28)48(45,46)42(36-23-29(2)17-20-30(36)3)27-38(43)41(26-32-13-10-16-34(24-32)47-4)37(25-31-11-6-5-7-12-31)39(44)40-33-14-8-9-15-33/h5-7,10-13,16-24,33,37H,8-9,14-15,25-27H2,1-4H3,(H,40,44)/t37-/m0/s1. The second kappa shape index (κ2) is 15.5. The molecule has 1 N–H and O–H groups in total. The van der Waals surface area contributed by atoms with Gasteiger partial charge in [0, 0.05) is 19.0 Å². The topological polar surface area (TPSA) is 96.0 Å². The third-order valence-electron chi connectivity index (χ3n) is 8.98. The van der Waals surface area contributed by atoms with Crippen LogP contribution in [0.4, 0.5) is 5.69 Å². The molecule has 1 atom stereocenters. The summed E-state index contributed by atoms with van der Waals surface area (Å²) in [4.78, 5) is 30.6. The summed E-state index contributed by atoms with van der Waals surface area (Å²) in [5, 5.41) is 3.22. The molecule has 5 rings (SSSR count). The maximum atomic E-state index is 14.8. The molecule has 1 aliphatic carbocycles. The fourth-order valence-electron chi connectivity index (χ4n) is 6.23. The van der Waals surface area contributed by atoms with E-state index >= 15 is 0 Å². The predicted octanol–water partition coefficient (Wildman–Crippen LogP) is 6.51. The molecule has 0 saturated heterocycles. The van der Waals surface area contributed by atoms with E-state index in [1.54, 1.807) is 37.4 Å². The molecule has 0 unspecified atom stereocenters. The Bertz CT molecular complexity index is 1820. The second-order valence-corrected chi connectivity index (χ2v) is 14.5. The van der Waals surface area contributed by atoms with Gasteiger partial charge in [0.2, 0.25) is 11.8 Å². The first-order valence-electron chi connectivity index (χ1n) is 16.5. The molecule has 4 aromatic carbocycles. The number of hydrogen-bond acceptors (Lipinski definition) is 5. The first kappa shape index (κ1) is 34.7. The van der Waals surface area contributed by atoms with Crippen LogP contribution in [0.2, 0.25) is 0 Å². The average molecular weight is 668 g/mol. The molecule has 9 heteroatoms. The highest BCUT2D eigenvalue weighted by molar-refractivity contribution is 7.92. The molecule has 4 aromatic rings. The first-order chi connectivity index (χ1) is 23.0. The Hall–Kier alpha value is -4.63. The number of nitrogens with zero attached hydrogens (tertiary/aromatic N) is 2. The van der Waals surface area contributed by atoms with Crippen LogP contribution in [0, 0.1) is 20.8 Å². The fraction of sp³-hybridized carbons (Fsp3) is 0.333. The average Bonchev–Trinajstić information content (AvgIpc) is 3.60. The van der Waals surface area contributed by atoms with Gasteiger partial charge in [-0.05, 0) is 86.2 Å². The quantitative estimate of drug-likeness (QED) is 0.175. The third-order valence-corrected chi connectivity index (χ3v) is 10.8. The Morgan fingerprint density at radius 3 is 2.19 bits per heavy atom. The number of methoxy groups -OCH3 is 1. The Kier molecular flexibility index (Phi) is 11.2. The van der Waals surface area contributed by atoms with E-state index in [2.05, 4.69) is 5.32 Å². The van der Waals surface area contributed by atoms with E-state index in [4.69, 9.17) is 4.74 Å². The number of ether oxygens (including phenoxy) is 1. The summed E-state index contributed by atoms with van der Waals surface area (Å²) in [6, 6.07) is 28.3. The number of anilines is 1. The zero-order chi connectivity index (χ0) is 34.3. The van der Waals surface area contributed by atoms with E-state index < -0.39 is 28.5 Å². The third kappa shape index (κ3) is 8.44. The van der Waals surface area contributed by atoms with Crippen molar-refractivity contribution in [2.75, 3.05) is 18.0 Å². The lowest BCUT2D eigenvalue weighted by molar-refractivity contribution is -0.140. The van der Waals surface area contributed by atoms with Crippen LogP contribution in [0.1, 0.15) is 53.5 Å². The minimum absolute atomic E-state index is 0.0397. The van der Waals surface area contributed by atoms with Crippen molar-refractivity contribution in [2.24, 2.45) is 0 Å². The summed E-state index contributed by atoms with van der Waals surface area (Å²) in [5.41, 5.74) is 4.56. The van der Waals surface area contributed by atoms with Crippen LogP contribution in [0.25, 0.3) is 0 Å². The maximum Gasteiger partial charge on any atom is 0.264 e. The van der Waals surface area contributed by atoms with E-state index in [0.717, 1.165) is 47.9 Å². The van der Waals surface area contributed by atoms with Crippen molar-refractivity contribution in [3.05, 3.63) is 125 Å². The molecule has 1 aliphatic rings. The Morgan fingerprint density at radius 2 is 1.50 bits per heavy atom. The number of carbonyl (C=O) groups excluding carboxylic acids is 2. The molecule has 1 saturated carbocycles. The molecule has 0 aromatic heterocycles. The second-order valence-electron chi connectivity index (χ2n) is 12.7. The van der Waals surface area contributed by atoms with Crippen LogP contribution in [0.3, 0.4) is 0 Å². The van der Waals surface area contributed by atoms with Crippen molar-refractivity contribution < 1.29 is 22.7 Å². The van der Waals surface area contributed by atoms with Crippen LogP contribution in [-0.2, 0) is 32.6 Å². The normalized spacial score (nSPS) is 13.9. The van der Waals surface area contributed by atoms with Crippen molar-refractivity contribution >= 4 is 27.5 Å². The van der Waals surface area contributed by atoms with Gasteiger partial charge in [-0.25, -0.2) is 8.42 Å². The highest BCUT2D eigenvalue weighted by Crippen LogP contribution is 2.29. The lowest BCUT2D eigenvalue weighted by atomic mass is 10.0. The molecule has 252 valence electrons. The molecule has 8 nitrogen and oxygen atoms in total. The number of sulfonamides is 1. The molecule has 0 radical (unpaired) electrons. The van der Waals surface area contributed by atoms with Gasteiger partial charge in [0.1, 0.15) is 18.3 Å². The zero-order valence-electron chi connectivity index (χ0n) is 28.2. The van der Waals surface area contributed by atoms with E-state index in [9.17, 15) is 18.0 Å². The zero-order valence-corrected chi connectivity index (χ0v) is 29.0. The van der Waals surface area contributed by atoms with Gasteiger partial charge in [-0.3, -0.25) is 13.9 Å². The summed E-state index contributed by atoms with van der Waals surface area (Å²) in [6.07, 6.45) is 4.14. The number of amides is 2. The molecule has 0 bridgehead atoms. The molecule has 0 heterocycles. The van der Waals surface area contributed by atoms with Crippen molar-refractivity contribution in [2.45, 2.75) is 76.4 Å². The minimum atomic E-state index is -4.18. The van der Waals surface area contributed by atoms with Gasteiger partial charge in [0.15, 0.2) is 0 Å². The highest BCUT2D eigenvalue weighted by Gasteiger charge is 2.36. The van der Waals surface area contributed by atoms with Crippen LogP contribution < -0.4 is 14.4 Å². The van der Waals surface area contributed by atoms with Crippen LogP contribution in [0.5, 0.6) is 5.75 Å². The molecular weight excluding hydrogens is 623 g/mol. The van der Waals surface area contributed by atoms with Crippen LogP contribution >= 0.6 is 0 Å². The fourth-order valence-corrected chi connectivity index (χ4v) is 7.70. The smallest absolute Gasteiger partial charge is 0.264 e. The Labute approximate surface area is 284 Å². The summed E-state index contributed by atoms with van der Waals surface area (Å²) in [7, 11) is -2.60. The van der Waals surface area contributed by atoms with Crippen LogP contribution in [0.15, 0.2) is 102 Å². The SMILES string of the molecule is COc1cccc(CN(C(=O)CN(c2cc(C)ccc2C)S(=O)(=O)c2ccc(C)cc2)[C@@H](Cc2ccccc2)C(=O)NC2CCCC2)c1. The lowest BCUT2D eigenvalue weighted by Gasteiger charge is -2.34. The molecular formula is C39H45N3O5S. The number of nitrogens with one attached hydrogen (secondary N) is 1. The van der Waals surface area contributed by atoms with Gasteiger partial charge < -0.3 is 15.0 Å². The predicted molar refractivity (Wildman–Crippen MR) is 190 cm³/mol.